The van der Waals surface area contributed by atoms with E-state index in [-0.39, 0.29) is 12.1 Å². The van der Waals surface area contributed by atoms with Crippen LogP contribution in [0.15, 0.2) is 12.1 Å². The van der Waals surface area contributed by atoms with Gasteiger partial charge in [-0.3, -0.25) is 4.79 Å². The number of carbonyl (C=O) groups excluding carboxylic acids is 1. The molecule has 0 spiro atoms. The molecule has 1 aromatic rings. The highest BCUT2D eigenvalue weighted by atomic mass is 16.4. The maximum absolute atomic E-state index is 11.7. The standard InChI is InChI=1S/C17H25N5O3/c1-11(23)20(2)15-6-4-10-22(15)14-8-7-12(18)16(19-14)21-9-3-5-13(21)17(24)25/h7-8,13,15H,3-6,9-10,18H2,1-2H3,(H,24,25). The van der Waals surface area contributed by atoms with Gasteiger partial charge in [-0.05, 0) is 37.8 Å². The fraction of sp³-hybridized carbons (Fsp3) is 0.588. The Morgan fingerprint density at radius 1 is 1.24 bits per heavy atom. The summed E-state index contributed by atoms with van der Waals surface area (Å²) >= 11 is 0. The van der Waals surface area contributed by atoms with Crippen molar-refractivity contribution in [3.63, 3.8) is 0 Å². The number of amides is 1. The molecule has 0 bridgehead atoms. The van der Waals surface area contributed by atoms with Gasteiger partial charge in [0.2, 0.25) is 5.91 Å². The minimum atomic E-state index is -0.848. The Bertz CT molecular complexity index is 680. The lowest BCUT2D eigenvalue weighted by Crippen LogP contribution is -2.45. The van der Waals surface area contributed by atoms with Gasteiger partial charge in [0.25, 0.3) is 0 Å². The molecule has 8 heteroatoms. The fourth-order valence-electron chi connectivity index (χ4n) is 3.75. The molecule has 2 unspecified atom stereocenters. The van der Waals surface area contributed by atoms with Crippen molar-refractivity contribution in [2.45, 2.75) is 44.8 Å². The molecule has 2 fully saturated rings. The molecule has 3 heterocycles. The van der Waals surface area contributed by atoms with Crippen molar-refractivity contribution in [1.29, 1.82) is 0 Å². The first kappa shape index (κ1) is 17.3. The predicted molar refractivity (Wildman–Crippen MR) is 95.5 cm³/mol. The number of carboxylic acids is 1. The van der Waals surface area contributed by atoms with E-state index in [2.05, 4.69) is 9.88 Å². The van der Waals surface area contributed by atoms with Crippen LogP contribution in [0.1, 0.15) is 32.6 Å². The number of nitrogen functional groups attached to an aromatic ring is 1. The Labute approximate surface area is 147 Å². The van der Waals surface area contributed by atoms with Gasteiger partial charge in [-0.2, -0.15) is 0 Å². The number of hydrogen-bond acceptors (Lipinski definition) is 6. The smallest absolute Gasteiger partial charge is 0.326 e. The van der Waals surface area contributed by atoms with Crippen molar-refractivity contribution in [2.75, 3.05) is 35.7 Å². The SMILES string of the molecule is CC(=O)N(C)C1CCCN1c1ccc(N)c(N2CCCC2C(=O)O)n1. The molecule has 0 aliphatic carbocycles. The van der Waals surface area contributed by atoms with E-state index in [4.69, 9.17) is 5.73 Å². The van der Waals surface area contributed by atoms with Crippen LogP contribution in [0, 0.1) is 0 Å². The number of nitrogens with two attached hydrogens (primary N) is 1. The van der Waals surface area contributed by atoms with Crippen molar-refractivity contribution in [1.82, 2.24) is 9.88 Å². The van der Waals surface area contributed by atoms with Crippen LogP contribution in [-0.4, -0.2) is 59.2 Å². The summed E-state index contributed by atoms with van der Waals surface area (Å²) in [5, 5.41) is 9.43. The molecule has 1 amide bonds. The van der Waals surface area contributed by atoms with Crippen LogP contribution in [0.2, 0.25) is 0 Å². The van der Waals surface area contributed by atoms with Crippen LogP contribution in [0.3, 0.4) is 0 Å². The summed E-state index contributed by atoms with van der Waals surface area (Å²) in [5.74, 6) is 0.423. The molecule has 0 radical (unpaired) electrons. The molecule has 136 valence electrons. The highest BCUT2D eigenvalue weighted by molar-refractivity contribution is 5.81. The maximum atomic E-state index is 11.7. The number of pyridine rings is 1. The second-order valence-corrected chi connectivity index (χ2v) is 6.72. The fourth-order valence-corrected chi connectivity index (χ4v) is 3.75. The molecule has 1 aromatic heterocycles. The van der Waals surface area contributed by atoms with E-state index in [1.54, 1.807) is 29.8 Å². The number of nitrogens with zero attached hydrogens (tertiary/aromatic N) is 4. The average molecular weight is 347 g/mol. The van der Waals surface area contributed by atoms with Crippen LogP contribution >= 0.6 is 0 Å². The van der Waals surface area contributed by atoms with Crippen LogP contribution in [0.4, 0.5) is 17.3 Å². The molecular formula is C17H25N5O3. The normalized spacial score (nSPS) is 23.1. The molecule has 3 N–H and O–H groups in total. The van der Waals surface area contributed by atoms with Crippen molar-refractivity contribution >= 4 is 29.2 Å². The average Bonchev–Trinajstić information content (AvgIpc) is 3.23. The van der Waals surface area contributed by atoms with Gasteiger partial charge in [0.05, 0.1) is 5.69 Å². The number of aliphatic carboxylic acids is 1. The summed E-state index contributed by atoms with van der Waals surface area (Å²) in [7, 11) is 1.80. The third-order valence-electron chi connectivity index (χ3n) is 5.16. The van der Waals surface area contributed by atoms with Gasteiger partial charge in [-0.25, -0.2) is 9.78 Å². The molecule has 8 nitrogen and oxygen atoms in total. The first-order chi connectivity index (χ1) is 11.9. The zero-order valence-corrected chi connectivity index (χ0v) is 14.7. The van der Waals surface area contributed by atoms with Crippen molar-refractivity contribution in [3.05, 3.63) is 12.1 Å². The highest BCUT2D eigenvalue weighted by Crippen LogP contribution is 2.33. The number of aromatic nitrogens is 1. The summed E-state index contributed by atoms with van der Waals surface area (Å²) in [6.07, 6.45) is 3.24. The lowest BCUT2D eigenvalue weighted by Gasteiger charge is -2.33. The molecule has 0 saturated carbocycles. The summed E-state index contributed by atoms with van der Waals surface area (Å²) < 4.78 is 0. The summed E-state index contributed by atoms with van der Waals surface area (Å²) in [6.45, 7) is 3.00. The Morgan fingerprint density at radius 3 is 2.60 bits per heavy atom. The topological polar surface area (TPSA) is 103 Å². The lowest BCUT2D eigenvalue weighted by atomic mass is 10.2. The van der Waals surface area contributed by atoms with E-state index in [9.17, 15) is 14.7 Å². The lowest BCUT2D eigenvalue weighted by molar-refractivity contribution is -0.138. The molecular weight excluding hydrogens is 322 g/mol. The zero-order valence-electron chi connectivity index (χ0n) is 14.7. The van der Waals surface area contributed by atoms with Gasteiger partial charge < -0.3 is 25.5 Å². The van der Waals surface area contributed by atoms with E-state index in [0.717, 1.165) is 31.6 Å². The Kier molecular flexibility index (Phi) is 4.69. The quantitative estimate of drug-likeness (QED) is 0.841. The highest BCUT2D eigenvalue weighted by Gasteiger charge is 2.34. The Hall–Kier alpha value is -2.51. The molecule has 2 aliphatic rings. The van der Waals surface area contributed by atoms with E-state index in [1.807, 2.05) is 6.07 Å². The third-order valence-corrected chi connectivity index (χ3v) is 5.16. The largest absolute Gasteiger partial charge is 0.480 e. The van der Waals surface area contributed by atoms with Gasteiger partial charge in [0.15, 0.2) is 5.82 Å². The molecule has 0 aromatic carbocycles. The summed E-state index contributed by atoms with van der Waals surface area (Å²) in [4.78, 5) is 33.5. The number of hydrogen-bond donors (Lipinski definition) is 2. The van der Waals surface area contributed by atoms with Gasteiger partial charge in [0.1, 0.15) is 18.0 Å². The van der Waals surface area contributed by atoms with Crippen LogP contribution in [0.5, 0.6) is 0 Å². The molecule has 2 atom stereocenters. The van der Waals surface area contributed by atoms with Gasteiger partial charge in [-0.15, -0.1) is 0 Å². The Morgan fingerprint density at radius 2 is 1.92 bits per heavy atom. The van der Waals surface area contributed by atoms with Gasteiger partial charge >= 0.3 is 5.97 Å². The van der Waals surface area contributed by atoms with E-state index >= 15 is 0 Å². The van der Waals surface area contributed by atoms with Crippen molar-refractivity contribution in [2.24, 2.45) is 0 Å². The van der Waals surface area contributed by atoms with Crippen molar-refractivity contribution < 1.29 is 14.7 Å². The molecule has 2 aliphatic heterocycles. The van der Waals surface area contributed by atoms with Crippen LogP contribution in [0.25, 0.3) is 0 Å². The molecule has 3 rings (SSSR count). The van der Waals surface area contributed by atoms with E-state index in [0.29, 0.717) is 24.5 Å². The minimum absolute atomic E-state index is 0.0121. The second-order valence-electron chi connectivity index (χ2n) is 6.72. The third kappa shape index (κ3) is 3.20. The molecule has 2 saturated heterocycles. The van der Waals surface area contributed by atoms with Crippen molar-refractivity contribution in [3.8, 4) is 0 Å². The van der Waals surface area contributed by atoms with Gasteiger partial charge in [0, 0.05) is 27.1 Å². The summed E-state index contributed by atoms with van der Waals surface area (Å²) in [6, 6.07) is 3.04. The number of anilines is 3. The van der Waals surface area contributed by atoms with Crippen LogP contribution < -0.4 is 15.5 Å². The summed E-state index contributed by atoms with van der Waals surface area (Å²) in [5.41, 5.74) is 6.57. The Balaban J connectivity index is 1.91. The van der Waals surface area contributed by atoms with Crippen LogP contribution in [-0.2, 0) is 9.59 Å². The first-order valence-corrected chi connectivity index (χ1v) is 8.66. The predicted octanol–water partition coefficient (Wildman–Crippen LogP) is 1.12. The number of carboxylic acid groups (broad SMARTS) is 1. The minimum Gasteiger partial charge on any atom is -0.480 e. The van der Waals surface area contributed by atoms with E-state index in [1.165, 1.54) is 0 Å². The maximum Gasteiger partial charge on any atom is 0.326 e. The molecule has 25 heavy (non-hydrogen) atoms. The number of rotatable bonds is 4. The van der Waals surface area contributed by atoms with Gasteiger partial charge in [-0.1, -0.05) is 0 Å². The zero-order chi connectivity index (χ0) is 18.1. The first-order valence-electron chi connectivity index (χ1n) is 8.66. The van der Waals surface area contributed by atoms with E-state index < -0.39 is 12.0 Å². The second kappa shape index (κ2) is 6.78. The monoisotopic (exact) mass is 347 g/mol. The number of carbonyl (C=O) groups is 2.